The molecule has 1 aromatic heterocycles. The molecule has 0 amide bonds. The predicted molar refractivity (Wildman–Crippen MR) is 107 cm³/mol. The average molecular weight is 393 g/mol. The van der Waals surface area contributed by atoms with Gasteiger partial charge in [-0.15, -0.1) is 0 Å². The lowest BCUT2D eigenvalue weighted by Gasteiger charge is -2.17. The minimum Gasteiger partial charge on any atom is -0.497 e. The van der Waals surface area contributed by atoms with Gasteiger partial charge in [-0.05, 0) is 48.0 Å². The summed E-state index contributed by atoms with van der Waals surface area (Å²) in [6, 6.07) is 16.4. The number of hydrogen-bond acceptors (Lipinski definition) is 5. The van der Waals surface area contributed by atoms with E-state index in [0.29, 0.717) is 28.3 Å². The summed E-state index contributed by atoms with van der Waals surface area (Å²) in [5, 5.41) is 0. The van der Waals surface area contributed by atoms with E-state index in [9.17, 15) is 9.18 Å². The van der Waals surface area contributed by atoms with Crippen molar-refractivity contribution in [1.82, 2.24) is 4.98 Å². The van der Waals surface area contributed by atoms with Crippen molar-refractivity contribution in [1.29, 1.82) is 0 Å². The summed E-state index contributed by atoms with van der Waals surface area (Å²) in [4.78, 5) is 16.7. The van der Waals surface area contributed by atoms with E-state index in [-0.39, 0.29) is 0 Å². The summed E-state index contributed by atoms with van der Waals surface area (Å²) in [5.41, 5.74) is 1.70. The van der Waals surface area contributed by atoms with Gasteiger partial charge in [-0.1, -0.05) is 18.2 Å². The smallest absolute Gasteiger partial charge is 0.331 e. The summed E-state index contributed by atoms with van der Waals surface area (Å²) in [6.45, 7) is 0. The van der Waals surface area contributed by atoms with Gasteiger partial charge in [0.2, 0.25) is 0 Å². The molecule has 5 nitrogen and oxygen atoms in total. The Balaban J connectivity index is 1.83. The van der Waals surface area contributed by atoms with Gasteiger partial charge in [-0.25, -0.2) is 9.18 Å². The first-order valence-corrected chi connectivity index (χ1v) is 8.87. The number of hydrogen-bond donors (Lipinski definition) is 0. The summed E-state index contributed by atoms with van der Waals surface area (Å²) in [5.74, 6) is 0.192. The van der Waals surface area contributed by atoms with Gasteiger partial charge in [-0.2, -0.15) is 0 Å². The van der Waals surface area contributed by atoms with Gasteiger partial charge in [0.1, 0.15) is 17.3 Å². The largest absolute Gasteiger partial charge is 0.497 e. The number of pyridine rings is 1. The minimum absolute atomic E-state index is 0.418. The molecule has 0 radical (unpaired) electrons. The van der Waals surface area contributed by atoms with Gasteiger partial charge in [0.15, 0.2) is 6.10 Å². The monoisotopic (exact) mass is 393 g/mol. The van der Waals surface area contributed by atoms with Crippen molar-refractivity contribution in [3.8, 4) is 11.5 Å². The summed E-state index contributed by atoms with van der Waals surface area (Å²) in [6.07, 6.45) is 3.65. The second-order valence-corrected chi connectivity index (χ2v) is 6.11. The Kier molecular flexibility index (Phi) is 6.58. The third kappa shape index (κ3) is 5.42. The molecule has 0 bridgehead atoms. The van der Waals surface area contributed by atoms with Crippen LogP contribution in [0.2, 0.25) is 0 Å². The van der Waals surface area contributed by atoms with E-state index in [1.165, 1.54) is 18.2 Å². The van der Waals surface area contributed by atoms with Crippen molar-refractivity contribution in [3.63, 3.8) is 0 Å². The van der Waals surface area contributed by atoms with Gasteiger partial charge in [0.05, 0.1) is 19.9 Å². The minimum atomic E-state index is -0.830. The lowest BCUT2D eigenvalue weighted by molar-refractivity contribution is -0.141. The molecule has 148 valence electrons. The first-order chi connectivity index (χ1) is 14.1. The standard InChI is InChI=1S/C23H20FNO4/c1-27-19-12-16(13-20(15-19)28-2)9-10-22(26)29-23(21-8-3-4-11-25-21)17-6-5-7-18(24)14-17/h3-15,23H,1-2H3. The maximum absolute atomic E-state index is 13.7. The van der Waals surface area contributed by atoms with Gasteiger partial charge < -0.3 is 14.2 Å². The highest BCUT2D eigenvalue weighted by Gasteiger charge is 2.19. The molecule has 3 aromatic rings. The first kappa shape index (κ1) is 20.1. The van der Waals surface area contributed by atoms with Crippen LogP contribution in [0.25, 0.3) is 6.08 Å². The third-order valence-corrected chi connectivity index (χ3v) is 4.13. The Morgan fingerprint density at radius 1 is 1.00 bits per heavy atom. The Hall–Kier alpha value is -3.67. The predicted octanol–water partition coefficient (Wildman–Crippen LogP) is 4.58. The number of ether oxygens (including phenoxy) is 3. The number of esters is 1. The number of carbonyl (C=O) groups excluding carboxylic acids is 1. The van der Waals surface area contributed by atoms with Crippen molar-refractivity contribution in [2.24, 2.45) is 0 Å². The quantitative estimate of drug-likeness (QED) is 0.434. The molecule has 0 aliphatic heterocycles. The highest BCUT2D eigenvalue weighted by Crippen LogP contribution is 2.26. The highest BCUT2D eigenvalue weighted by molar-refractivity contribution is 5.87. The number of halogens is 1. The fourth-order valence-electron chi connectivity index (χ4n) is 2.75. The van der Waals surface area contributed by atoms with Crippen LogP contribution in [0.4, 0.5) is 4.39 Å². The Labute approximate surface area is 168 Å². The van der Waals surface area contributed by atoms with Gasteiger partial charge >= 0.3 is 5.97 Å². The lowest BCUT2D eigenvalue weighted by Crippen LogP contribution is -2.12. The van der Waals surface area contributed by atoms with Crippen LogP contribution in [0.5, 0.6) is 11.5 Å². The van der Waals surface area contributed by atoms with E-state index in [2.05, 4.69) is 4.98 Å². The number of rotatable bonds is 7. The number of nitrogens with zero attached hydrogens (tertiary/aromatic N) is 1. The maximum atomic E-state index is 13.7. The molecule has 2 aromatic carbocycles. The Morgan fingerprint density at radius 2 is 1.76 bits per heavy atom. The molecule has 0 spiro atoms. The van der Waals surface area contributed by atoms with Gasteiger partial charge in [-0.3, -0.25) is 4.98 Å². The highest BCUT2D eigenvalue weighted by atomic mass is 19.1. The summed E-state index contributed by atoms with van der Waals surface area (Å²) in [7, 11) is 3.10. The number of benzene rings is 2. The van der Waals surface area contributed by atoms with E-state index in [1.807, 2.05) is 0 Å². The molecular weight excluding hydrogens is 373 g/mol. The van der Waals surface area contributed by atoms with Gasteiger partial charge in [0, 0.05) is 23.9 Å². The molecule has 3 rings (SSSR count). The molecular formula is C23H20FNO4. The molecule has 0 saturated heterocycles. The van der Waals surface area contributed by atoms with Crippen LogP contribution in [0, 0.1) is 5.82 Å². The van der Waals surface area contributed by atoms with Crippen molar-refractivity contribution in [2.45, 2.75) is 6.10 Å². The Morgan fingerprint density at radius 3 is 2.38 bits per heavy atom. The molecule has 0 aliphatic rings. The lowest BCUT2D eigenvalue weighted by atomic mass is 10.1. The summed E-state index contributed by atoms with van der Waals surface area (Å²) >= 11 is 0. The molecule has 6 heteroatoms. The second-order valence-electron chi connectivity index (χ2n) is 6.11. The van der Waals surface area contributed by atoms with Crippen LogP contribution in [0.3, 0.4) is 0 Å². The molecule has 0 saturated carbocycles. The fourth-order valence-corrected chi connectivity index (χ4v) is 2.75. The van der Waals surface area contributed by atoms with E-state index >= 15 is 0 Å². The molecule has 0 N–H and O–H groups in total. The Bertz CT molecular complexity index is 983. The second kappa shape index (κ2) is 9.50. The number of methoxy groups -OCH3 is 2. The average Bonchev–Trinajstić information content (AvgIpc) is 2.76. The van der Waals surface area contributed by atoms with Crippen LogP contribution < -0.4 is 9.47 Å². The van der Waals surface area contributed by atoms with Crippen molar-refractivity contribution < 1.29 is 23.4 Å². The SMILES string of the molecule is COc1cc(C=CC(=O)OC(c2cccc(F)c2)c2ccccn2)cc(OC)c1. The normalized spacial score (nSPS) is 11.8. The molecule has 29 heavy (non-hydrogen) atoms. The number of aromatic nitrogens is 1. The van der Waals surface area contributed by atoms with E-state index in [1.54, 1.807) is 75.0 Å². The van der Waals surface area contributed by atoms with Crippen LogP contribution in [-0.2, 0) is 9.53 Å². The molecule has 1 unspecified atom stereocenters. The van der Waals surface area contributed by atoms with Crippen LogP contribution in [0.1, 0.15) is 22.9 Å². The van der Waals surface area contributed by atoms with E-state index in [4.69, 9.17) is 14.2 Å². The fraction of sp³-hybridized carbons (Fsp3) is 0.130. The van der Waals surface area contributed by atoms with Crippen LogP contribution >= 0.6 is 0 Å². The van der Waals surface area contributed by atoms with Crippen molar-refractivity contribution in [3.05, 3.63) is 95.6 Å². The summed E-state index contributed by atoms with van der Waals surface area (Å²) < 4.78 is 29.7. The molecule has 1 heterocycles. The maximum Gasteiger partial charge on any atom is 0.331 e. The van der Waals surface area contributed by atoms with Crippen molar-refractivity contribution >= 4 is 12.0 Å². The zero-order valence-electron chi connectivity index (χ0n) is 16.0. The van der Waals surface area contributed by atoms with Crippen LogP contribution in [-0.4, -0.2) is 25.2 Å². The van der Waals surface area contributed by atoms with E-state index in [0.717, 1.165) is 0 Å². The first-order valence-electron chi connectivity index (χ1n) is 8.87. The van der Waals surface area contributed by atoms with Crippen LogP contribution in [0.15, 0.2) is 72.9 Å². The van der Waals surface area contributed by atoms with E-state index < -0.39 is 17.9 Å². The van der Waals surface area contributed by atoms with Gasteiger partial charge in [0.25, 0.3) is 0 Å². The topological polar surface area (TPSA) is 57.7 Å². The zero-order valence-corrected chi connectivity index (χ0v) is 16.0. The van der Waals surface area contributed by atoms with Crippen molar-refractivity contribution in [2.75, 3.05) is 14.2 Å². The molecule has 1 atom stereocenters. The molecule has 0 aliphatic carbocycles. The molecule has 0 fully saturated rings. The zero-order chi connectivity index (χ0) is 20.6. The third-order valence-electron chi connectivity index (χ3n) is 4.13. The number of carbonyl (C=O) groups is 1.